The van der Waals surface area contributed by atoms with Crippen LogP contribution in [0.3, 0.4) is 0 Å². The first kappa shape index (κ1) is 26.4. The lowest BCUT2D eigenvalue weighted by molar-refractivity contribution is 0.0581. The highest BCUT2D eigenvalue weighted by atomic mass is 32.2. The van der Waals surface area contributed by atoms with Crippen LogP contribution in [0.4, 0.5) is 0 Å². The van der Waals surface area contributed by atoms with Crippen molar-refractivity contribution in [3.05, 3.63) is 28.8 Å². The number of hydrogen-bond donors (Lipinski definition) is 1. The van der Waals surface area contributed by atoms with E-state index in [-0.39, 0.29) is 10.8 Å². The Morgan fingerprint density at radius 2 is 1.24 bits per heavy atom. The maximum atomic E-state index is 10.3. The summed E-state index contributed by atoms with van der Waals surface area (Å²) in [6.07, 6.45) is 21.3. The SMILES string of the molecule is C/C=S(/OCCC(C)(C)O)c1c(C2CCCCC2)cc(C2CCCCC2)cc1C1CCCCC1. The molecule has 0 amide bonds. The zero-order chi connectivity index (χ0) is 24.0. The Bertz CT molecular complexity index is 764. The van der Waals surface area contributed by atoms with E-state index in [1.165, 1.54) is 96.3 Å². The van der Waals surface area contributed by atoms with E-state index in [1.54, 1.807) is 21.6 Å². The van der Waals surface area contributed by atoms with Crippen LogP contribution in [0.5, 0.6) is 0 Å². The minimum Gasteiger partial charge on any atom is -0.390 e. The van der Waals surface area contributed by atoms with Gasteiger partial charge in [-0.1, -0.05) is 69.9 Å². The molecule has 192 valence electrons. The molecule has 0 bridgehead atoms. The van der Waals surface area contributed by atoms with Crippen LogP contribution >= 0.6 is 10.8 Å². The lowest BCUT2D eigenvalue weighted by Gasteiger charge is -2.33. The standard InChI is InChI=1S/C31H50O2S/c1-4-34(33-21-20-31(2,3)32)30-28(25-16-10-6-11-17-25)22-27(24-14-8-5-9-15-24)23-29(30)26-18-12-7-13-19-26/h4,22-26,32H,5-21H2,1-3H3. The van der Waals surface area contributed by atoms with Crippen molar-refractivity contribution in [1.82, 2.24) is 0 Å². The van der Waals surface area contributed by atoms with Crippen molar-refractivity contribution in [3.63, 3.8) is 0 Å². The quantitative estimate of drug-likeness (QED) is 0.371. The molecule has 34 heavy (non-hydrogen) atoms. The third kappa shape index (κ3) is 6.98. The zero-order valence-electron chi connectivity index (χ0n) is 22.2. The van der Waals surface area contributed by atoms with Crippen LogP contribution < -0.4 is 0 Å². The second-order valence-corrected chi connectivity index (χ2v) is 13.7. The summed E-state index contributed by atoms with van der Waals surface area (Å²) >= 11 is 0. The van der Waals surface area contributed by atoms with Crippen LogP contribution in [0.1, 0.15) is 158 Å². The van der Waals surface area contributed by atoms with Crippen molar-refractivity contribution < 1.29 is 9.29 Å². The molecule has 1 N–H and O–H groups in total. The summed E-state index contributed by atoms with van der Waals surface area (Å²) in [6.45, 7) is 6.60. The largest absolute Gasteiger partial charge is 0.390 e. The van der Waals surface area contributed by atoms with E-state index in [0.717, 1.165) is 5.92 Å². The lowest BCUT2D eigenvalue weighted by Crippen LogP contribution is -2.20. The summed E-state index contributed by atoms with van der Waals surface area (Å²) < 4.78 is 6.61. The van der Waals surface area contributed by atoms with Crippen molar-refractivity contribution in [2.24, 2.45) is 0 Å². The minimum atomic E-state index is -0.675. The van der Waals surface area contributed by atoms with Crippen LogP contribution in [0.25, 0.3) is 0 Å². The van der Waals surface area contributed by atoms with Gasteiger partial charge in [0.2, 0.25) is 0 Å². The zero-order valence-corrected chi connectivity index (χ0v) is 23.1. The maximum absolute atomic E-state index is 10.3. The fraction of sp³-hybridized carbons (Fsp3) is 0.774. The average molecular weight is 487 g/mol. The molecule has 1 atom stereocenters. The van der Waals surface area contributed by atoms with Gasteiger partial charge in [0.05, 0.1) is 12.2 Å². The molecule has 3 saturated carbocycles. The fourth-order valence-electron chi connectivity index (χ4n) is 6.66. The van der Waals surface area contributed by atoms with Gasteiger partial charge in [0, 0.05) is 11.3 Å². The third-order valence-corrected chi connectivity index (χ3v) is 10.4. The van der Waals surface area contributed by atoms with Crippen LogP contribution in [0, 0.1) is 0 Å². The Labute approximate surface area is 212 Å². The van der Waals surface area contributed by atoms with Crippen molar-refractivity contribution in [2.45, 2.75) is 152 Å². The molecule has 2 nitrogen and oxygen atoms in total. The van der Waals surface area contributed by atoms with Gasteiger partial charge in [-0.25, -0.2) is 0 Å². The highest BCUT2D eigenvalue weighted by molar-refractivity contribution is 8.10. The lowest BCUT2D eigenvalue weighted by atomic mass is 9.76. The van der Waals surface area contributed by atoms with E-state index in [0.29, 0.717) is 24.9 Å². The van der Waals surface area contributed by atoms with E-state index >= 15 is 0 Å². The normalized spacial score (nSPS) is 22.8. The van der Waals surface area contributed by atoms with Crippen LogP contribution in [0.2, 0.25) is 0 Å². The predicted molar refractivity (Wildman–Crippen MR) is 148 cm³/mol. The van der Waals surface area contributed by atoms with E-state index in [4.69, 9.17) is 4.18 Å². The summed E-state index contributed by atoms with van der Waals surface area (Å²) in [7, 11) is -0.305. The molecule has 0 spiro atoms. The first-order valence-electron chi connectivity index (χ1n) is 14.5. The number of hydrogen-bond acceptors (Lipinski definition) is 2. The van der Waals surface area contributed by atoms with E-state index < -0.39 is 5.60 Å². The molecule has 1 aromatic rings. The van der Waals surface area contributed by atoms with E-state index in [9.17, 15) is 5.11 Å². The van der Waals surface area contributed by atoms with Gasteiger partial charge < -0.3 is 9.29 Å². The third-order valence-electron chi connectivity index (χ3n) is 8.67. The molecule has 3 aliphatic carbocycles. The molecular formula is C31H50O2S. The highest BCUT2D eigenvalue weighted by Crippen LogP contribution is 2.49. The van der Waals surface area contributed by atoms with Gasteiger partial charge in [-0.2, -0.15) is 0 Å². The van der Waals surface area contributed by atoms with Crippen molar-refractivity contribution in [1.29, 1.82) is 0 Å². The Morgan fingerprint density at radius 3 is 1.65 bits per heavy atom. The molecule has 0 saturated heterocycles. The molecule has 4 rings (SSSR count). The Kier molecular flexibility index (Phi) is 9.75. The molecule has 1 aromatic carbocycles. The second-order valence-electron chi connectivity index (χ2n) is 12.0. The molecule has 0 aromatic heterocycles. The van der Waals surface area contributed by atoms with Gasteiger partial charge in [0.1, 0.15) is 0 Å². The topological polar surface area (TPSA) is 29.5 Å². The Hall–Kier alpha value is -0.640. The summed E-state index contributed by atoms with van der Waals surface area (Å²) in [5, 5.41) is 12.6. The molecule has 3 aliphatic rings. The molecule has 3 fully saturated rings. The summed E-state index contributed by atoms with van der Waals surface area (Å²) in [5.74, 6) is 2.15. The van der Waals surface area contributed by atoms with Gasteiger partial charge in [-0.3, -0.25) is 0 Å². The van der Waals surface area contributed by atoms with Crippen molar-refractivity contribution in [3.8, 4) is 0 Å². The van der Waals surface area contributed by atoms with Gasteiger partial charge >= 0.3 is 0 Å². The van der Waals surface area contributed by atoms with Crippen molar-refractivity contribution in [2.75, 3.05) is 6.61 Å². The Balaban J connectivity index is 1.77. The minimum absolute atomic E-state index is 0.305. The molecule has 0 radical (unpaired) electrons. The first-order chi connectivity index (χ1) is 16.5. The number of aliphatic hydroxyl groups is 1. The van der Waals surface area contributed by atoms with E-state index in [2.05, 4.69) is 24.4 Å². The highest BCUT2D eigenvalue weighted by Gasteiger charge is 2.29. The smallest absolute Gasteiger partial charge is 0.0638 e. The van der Waals surface area contributed by atoms with Gasteiger partial charge in [0.25, 0.3) is 0 Å². The molecule has 1 unspecified atom stereocenters. The van der Waals surface area contributed by atoms with Crippen LogP contribution in [-0.4, -0.2) is 22.7 Å². The second kappa shape index (κ2) is 12.5. The number of benzene rings is 1. The van der Waals surface area contributed by atoms with Crippen LogP contribution in [0.15, 0.2) is 17.0 Å². The van der Waals surface area contributed by atoms with Gasteiger partial charge in [-0.15, -0.1) is 0 Å². The molecule has 3 heteroatoms. The Morgan fingerprint density at radius 1 is 0.794 bits per heavy atom. The summed E-state index contributed by atoms with van der Waals surface area (Å²) in [6, 6.07) is 5.33. The molecule has 0 aliphatic heterocycles. The molecule has 0 heterocycles. The average Bonchev–Trinajstić information content (AvgIpc) is 2.87. The molecular weight excluding hydrogens is 436 g/mol. The van der Waals surface area contributed by atoms with Gasteiger partial charge in [0.15, 0.2) is 0 Å². The van der Waals surface area contributed by atoms with Crippen LogP contribution in [-0.2, 0) is 4.18 Å². The van der Waals surface area contributed by atoms with Gasteiger partial charge in [-0.05, 0) is 110 Å². The predicted octanol–water partition coefficient (Wildman–Crippen LogP) is 9.37. The maximum Gasteiger partial charge on any atom is 0.0638 e. The summed E-state index contributed by atoms with van der Waals surface area (Å²) in [5.41, 5.74) is 4.27. The van der Waals surface area contributed by atoms with E-state index in [1.807, 2.05) is 13.8 Å². The summed E-state index contributed by atoms with van der Waals surface area (Å²) in [4.78, 5) is 1.55. The van der Waals surface area contributed by atoms with Crippen molar-refractivity contribution >= 4 is 16.1 Å². The monoisotopic (exact) mass is 486 g/mol. The first-order valence-corrected chi connectivity index (χ1v) is 15.7. The fourth-order valence-corrected chi connectivity index (χ4v) is 8.33. The number of rotatable bonds is 8.